The van der Waals surface area contributed by atoms with E-state index in [1.807, 2.05) is 41.3 Å². The molecule has 0 aromatic heterocycles. The van der Waals surface area contributed by atoms with E-state index in [9.17, 15) is 9.59 Å². The van der Waals surface area contributed by atoms with Crippen molar-refractivity contribution in [1.82, 2.24) is 4.90 Å². The van der Waals surface area contributed by atoms with Crippen LogP contribution in [0.1, 0.15) is 35.2 Å². The van der Waals surface area contributed by atoms with E-state index in [4.69, 9.17) is 4.74 Å². The number of carbonyl (C=O) groups excluding carboxylic acids is 2. The molecule has 0 aliphatic carbocycles. The molecule has 1 aliphatic rings. The van der Waals surface area contributed by atoms with E-state index in [1.54, 1.807) is 31.0 Å². The van der Waals surface area contributed by atoms with Gasteiger partial charge in [0.15, 0.2) is 0 Å². The van der Waals surface area contributed by atoms with Crippen molar-refractivity contribution in [2.45, 2.75) is 25.0 Å². The number of nitrogens with one attached hydrogen (secondary N) is 1. The quantitative estimate of drug-likeness (QED) is 0.760. The minimum atomic E-state index is -0.0996. The van der Waals surface area contributed by atoms with Gasteiger partial charge >= 0.3 is 0 Å². The number of hydrogen-bond acceptors (Lipinski definition) is 4. The number of carbonyl (C=O) groups is 2. The van der Waals surface area contributed by atoms with E-state index in [0.29, 0.717) is 17.0 Å². The molecule has 148 valence electrons. The largest absolute Gasteiger partial charge is 0.497 e. The molecule has 0 radical (unpaired) electrons. The molecule has 0 atom stereocenters. The number of hydrogen-bond donors (Lipinski definition) is 1. The molecule has 1 heterocycles. The summed E-state index contributed by atoms with van der Waals surface area (Å²) >= 11 is 1.54. The maximum atomic E-state index is 12.8. The van der Waals surface area contributed by atoms with Gasteiger partial charge in [0.2, 0.25) is 5.91 Å². The van der Waals surface area contributed by atoms with Gasteiger partial charge < -0.3 is 15.0 Å². The number of amides is 2. The summed E-state index contributed by atoms with van der Waals surface area (Å²) in [4.78, 5) is 27.1. The first-order valence-corrected chi connectivity index (χ1v) is 10.7. The van der Waals surface area contributed by atoms with Gasteiger partial charge in [-0.15, -0.1) is 11.8 Å². The Bertz CT molecular complexity index is 802. The number of piperidine rings is 1. The SMILES string of the molecule is COc1ccc(CSCC(=O)Nc2ccccc2C(=O)N2CCCCC2)cc1. The third-order valence-corrected chi connectivity index (χ3v) is 5.74. The van der Waals surface area contributed by atoms with E-state index in [0.717, 1.165) is 43.0 Å². The van der Waals surface area contributed by atoms with Crippen LogP contribution in [0.25, 0.3) is 0 Å². The number of likely N-dealkylation sites (tertiary alicyclic amines) is 1. The first kappa shape index (κ1) is 20.3. The Morgan fingerprint density at radius 3 is 2.46 bits per heavy atom. The molecule has 0 spiro atoms. The molecule has 0 unspecified atom stereocenters. The van der Waals surface area contributed by atoms with E-state index >= 15 is 0 Å². The van der Waals surface area contributed by atoms with Crippen molar-refractivity contribution in [3.8, 4) is 5.75 Å². The first-order chi connectivity index (χ1) is 13.7. The van der Waals surface area contributed by atoms with Crippen LogP contribution in [0.5, 0.6) is 5.75 Å². The second-order valence-electron chi connectivity index (χ2n) is 6.79. The summed E-state index contributed by atoms with van der Waals surface area (Å²) in [5, 5.41) is 2.91. The highest BCUT2D eigenvalue weighted by Crippen LogP contribution is 2.21. The maximum absolute atomic E-state index is 12.8. The fourth-order valence-corrected chi connectivity index (χ4v) is 4.00. The van der Waals surface area contributed by atoms with Gasteiger partial charge in [-0.1, -0.05) is 24.3 Å². The van der Waals surface area contributed by atoms with Gasteiger partial charge in [-0.05, 0) is 49.1 Å². The van der Waals surface area contributed by atoms with Crippen molar-refractivity contribution in [3.63, 3.8) is 0 Å². The zero-order valence-electron chi connectivity index (χ0n) is 16.1. The predicted molar refractivity (Wildman–Crippen MR) is 114 cm³/mol. The summed E-state index contributed by atoms with van der Waals surface area (Å²) in [5.74, 6) is 1.80. The van der Waals surface area contributed by atoms with Gasteiger partial charge in [0.1, 0.15) is 5.75 Å². The van der Waals surface area contributed by atoms with E-state index in [-0.39, 0.29) is 11.8 Å². The number of methoxy groups -OCH3 is 1. The maximum Gasteiger partial charge on any atom is 0.255 e. The standard InChI is InChI=1S/C22H26N2O3S/c1-27-18-11-9-17(10-12-18)15-28-16-21(25)23-20-8-4-3-7-19(20)22(26)24-13-5-2-6-14-24/h3-4,7-12H,2,5-6,13-16H2,1H3,(H,23,25). The molecule has 3 rings (SSSR count). The van der Waals surface area contributed by atoms with Crippen LogP contribution in [0.4, 0.5) is 5.69 Å². The van der Waals surface area contributed by atoms with Crippen LogP contribution >= 0.6 is 11.8 Å². The van der Waals surface area contributed by atoms with E-state index in [1.165, 1.54) is 6.42 Å². The Kier molecular flexibility index (Phi) is 7.37. The van der Waals surface area contributed by atoms with Gasteiger partial charge in [0.25, 0.3) is 5.91 Å². The molecule has 6 heteroatoms. The molecule has 0 bridgehead atoms. The lowest BCUT2D eigenvalue weighted by Gasteiger charge is -2.27. The van der Waals surface area contributed by atoms with Crippen molar-refractivity contribution >= 4 is 29.3 Å². The molecule has 2 amide bonds. The highest BCUT2D eigenvalue weighted by atomic mass is 32.2. The predicted octanol–water partition coefficient (Wildman–Crippen LogP) is 4.19. The smallest absolute Gasteiger partial charge is 0.255 e. The van der Waals surface area contributed by atoms with Crippen LogP contribution < -0.4 is 10.1 Å². The Morgan fingerprint density at radius 1 is 1.04 bits per heavy atom. The third kappa shape index (κ3) is 5.52. The van der Waals surface area contributed by atoms with Crippen LogP contribution in [-0.2, 0) is 10.5 Å². The summed E-state index contributed by atoms with van der Waals surface area (Å²) in [6.45, 7) is 1.58. The molecule has 5 nitrogen and oxygen atoms in total. The Hall–Kier alpha value is -2.47. The average Bonchev–Trinajstić information content (AvgIpc) is 2.75. The van der Waals surface area contributed by atoms with Crippen molar-refractivity contribution < 1.29 is 14.3 Å². The van der Waals surface area contributed by atoms with Gasteiger partial charge in [-0.3, -0.25) is 9.59 Å². The van der Waals surface area contributed by atoms with Gasteiger partial charge in [-0.25, -0.2) is 0 Å². The summed E-state index contributed by atoms with van der Waals surface area (Å²) in [6.07, 6.45) is 3.26. The van der Waals surface area contributed by atoms with Crippen LogP contribution in [0.3, 0.4) is 0 Å². The van der Waals surface area contributed by atoms with Crippen molar-refractivity contribution in [2.24, 2.45) is 0 Å². The number of rotatable bonds is 7. The second kappa shape index (κ2) is 10.2. The molecule has 0 saturated carbocycles. The van der Waals surface area contributed by atoms with Crippen LogP contribution in [0.15, 0.2) is 48.5 Å². The van der Waals surface area contributed by atoms with Crippen LogP contribution in [0, 0.1) is 0 Å². The van der Waals surface area contributed by atoms with Gasteiger partial charge in [0, 0.05) is 18.8 Å². The fourth-order valence-electron chi connectivity index (χ4n) is 3.22. The number of para-hydroxylation sites is 1. The molecule has 1 saturated heterocycles. The van der Waals surface area contributed by atoms with Crippen molar-refractivity contribution in [1.29, 1.82) is 0 Å². The van der Waals surface area contributed by atoms with Gasteiger partial charge in [0.05, 0.1) is 24.1 Å². The summed E-state index contributed by atoms with van der Waals surface area (Å²) in [6, 6.07) is 15.1. The number of nitrogens with zero attached hydrogens (tertiary/aromatic N) is 1. The molecule has 1 fully saturated rings. The minimum absolute atomic E-state index is 0.00138. The molecule has 2 aromatic rings. The number of benzene rings is 2. The highest BCUT2D eigenvalue weighted by Gasteiger charge is 2.21. The topological polar surface area (TPSA) is 58.6 Å². The second-order valence-corrected chi connectivity index (χ2v) is 7.77. The summed E-state index contributed by atoms with van der Waals surface area (Å²) in [7, 11) is 1.64. The fraction of sp³-hybridized carbons (Fsp3) is 0.364. The van der Waals surface area contributed by atoms with E-state index < -0.39 is 0 Å². The normalized spacial score (nSPS) is 13.8. The summed E-state index contributed by atoms with van der Waals surface area (Å²) in [5.41, 5.74) is 2.30. The monoisotopic (exact) mass is 398 g/mol. The number of anilines is 1. The molecular formula is C22H26N2O3S. The lowest BCUT2D eigenvalue weighted by Crippen LogP contribution is -2.36. The van der Waals surface area contributed by atoms with Crippen LogP contribution in [0.2, 0.25) is 0 Å². The molecule has 28 heavy (non-hydrogen) atoms. The van der Waals surface area contributed by atoms with E-state index in [2.05, 4.69) is 5.32 Å². The zero-order valence-corrected chi connectivity index (χ0v) is 17.0. The van der Waals surface area contributed by atoms with Crippen LogP contribution in [-0.4, -0.2) is 42.7 Å². The average molecular weight is 399 g/mol. The molecular weight excluding hydrogens is 372 g/mol. The Labute approximate surface area is 170 Å². The first-order valence-electron chi connectivity index (χ1n) is 9.56. The summed E-state index contributed by atoms with van der Waals surface area (Å²) < 4.78 is 5.15. The molecule has 1 N–H and O–H groups in total. The van der Waals surface area contributed by atoms with Crippen molar-refractivity contribution in [3.05, 3.63) is 59.7 Å². The third-order valence-electron chi connectivity index (χ3n) is 4.74. The lowest BCUT2D eigenvalue weighted by atomic mass is 10.1. The zero-order chi connectivity index (χ0) is 19.8. The minimum Gasteiger partial charge on any atom is -0.497 e. The highest BCUT2D eigenvalue weighted by molar-refractivity contribution is 7.99. The van der Waals surface area contributed by atoms with Crippen molar-refractivity contribution in [2.75, 3.05) is 31.3 Å². The Morgan fingerprint density at radius 2 is 1.75 bits per heavy atom. The number of thioether (sulfide) groups is 1. The Balaban J connectivity index is 1.54. The lowest BCUT2D eigenvalue weighted by molar-refractivity contribution is -0.113. The van der Waals surface area contributed by atoms with Gasteiger partial charge in [-0.2, -0.15) is 0 Å². The molecule has 1 aliphatic heterocycles. The molecule has 2 aromatic carbocycles. The number of ether oxygens (including phenoxy) is 1.